The Labute approximate surface area is 198 Å². The van der Waals surface area contributed by atoms with Crippen LogP contribution in [-0.4, -0.2) is 55.6 Å². The summed E-state index contributed by atoms with van der Waals surface area (Å²) in [5.41, 5.74) is 3.76. The summed E-state index contributed by atoms with van der Waals surface area (Å²) in [5.74, 6) is 1.45. The van der Waals surface area contributed by atoms with Gasteiger partial charge in [-0.25, -0.2) is 10.5 Å². The number of nitrogens with zero attached hydrogens (tertiary/aromatic N) is 4. The molecule has 2 heterocycles. The van der Waals surface area contributed by atoms with Gasteiger partial charge in [-0.1, -0.05) is 12.8 Å². The fraction of sp³-hybridized carbons (Fsp3) is 0.500. The zero-order valence-electron chi connectivity index (χ0n) is 19.8. The van der Waals surface area contributed by atoms with Gasteiger partial charge in [0.25, 0.3) is 5.91 Å². The van der Waals surface area contributed by atoms with E-state index in [4.69, 9.17) is 14.6 Å². The Morgan fingerprint density at radius 2 is 1.97 bits per heavy atom. The number of nitrogens with one attached hydrogen (secondary N) is 2. The first kappa shape index (κ1) is 22.4. The number of methoxy groups -OCH3 is 1. The third kappa shape index (κ3) is 3.91. The first-order valence-corrected chi connectivity index (χ1v) is 11.7. The SMILES string of the molecule is CONC(=O)c1ccc(Nc2ncc3c(n2)N(C2CCCC2)CC2(CC2)C(=O)N3C)c(OC)c1. The normalized spacial score (nSPS) is 19.1. The minimum absolute atomic E-state index is 0.158. The van der Waals surface area contributed by atoms with Crippen LogP contribution >= 0.6 is 0 Å². The zero-order valence-corrected chi connectivity index (χ0v) is 19.8. The summed E-state index contributed by atoms with van der Waals surface area (Å²) in [7, 11) is 4.74. The first-order valence-electron chi connectivity index (χ1n) is 11.7. The predicted octanol–water partition coefficient (Wildman–Crippen LogP) is 3.03. The van der Waals surface area contributed by atoms with E-state index < -0.39 is 0 Å². The number of aromatic nitrogens is 2. The lowest BCUT2D eigenvalue weighted by Crippen LogP contribution is -2.41. The number of benzene rings is 1. The molecule has 2 saturated carbocycles. The Balaban J connectivity index is 1.48. The number of fused-ring (bicyclic) bond motifs is 1. The Bertz CT molecular complexity index is 1110. The van der Waals surface area contributed by atoms with Crippen molar-refractivity contribution in [1.82, 2.24) is 15.4 Å². The molecule has 2 N–H and O–H groups in total. The van der Waals surface area contributed by atoms with Crippen LogP contribution in [0.5, 0.6) is 5.75 Å². The highest BCUT2D eigenvalue weighted by Gasteiger charge is 2.55. The van der Waals surface area contributed by atoms with Crippen LogP contribution in [0.4, 0.5) is 23.1 Å². The van der Waals surface area contributed by atoms with Crippen LogP contribution in [0.1, 0.15) is 48.9 Å². The van der Waals surface area contributed by atoms with E-state index in [2.05, 4.69) is 20.7 Å². The van der Waals surface area contributed by atoms with Gasteiger partial charge in [0.2, 0.25) is 11.9 Å². The van der Waals surface area contributed by atoms with Crippen molar-refractivity contribution in [1.29, 1.82) is 0 Å². The second-order valence-electron chi connectivity index (χ2n) is 9.29. The van der Waals surface area contributed by atoms with Gasteiger partial charge in [0.05, 0.1) is 31.5 Å². The molecule has 0 bridgehead atoms. The number of amides is 2. The quantitative estimate of drug-likeness (QED) is 0.626. The second kappa shape index (κ2) is 8.75. The molecule has 0 unspecified atom stereocenters. The molecule has 1 aliphatic heterocycles. The lowest BCUT2D eigenvalue weighted by atomic mass is 10.0. The van der Waals surface area contributed by atoms with E-state index in [1.54, 1.807) is 29.3 Å². The summed E-state index contributed by atoms with van der Waals surface area (Å²) in [6.07, 6.45) is 8.18. The smallest absolute Gasteiger partial charge is 0.274 e. The summed E-state index contributed by atoms with van der Waals surface area (Å²) in [6, 6.07) is 5.40. The summed E-state index contributed by atoms with van der Waals surface area (Å²) >= 11 is 0. The molecule has 2 amide bonds. The number of hydrogen-bond acceptors (Lipinski definition) is 8. The fourth-order valence-electron chi connectivity index (χ4n) is 5.06. The van der Waals surface area contributed by atoms with Crippen molar-refractivity contribution in [3.05, 3.63) is 30.0 Å². The molecule has 1 aromatic carbocycles. The monoisotopic (exact) mass is 466 g/mol. The van der Waals surface area contributed by atoms with Crippen molar-refractivity contribution in [3.8, 4) is 5.75 Å². The molecule has 1 aromatic heterocycles. The van der Waals surface area contributed by atoms with Crippen LogP contribution in [0, 0.1) is 5.41 Å². The van der Waals surface area contributed by atoms with Gasteiger partial charge in [0.1, 0.15) is 11.4 Å². The first-order chi connectivity index (χ1) is 16.5. The van der Waals surface area contributed by atoms with Crippen molar-refractivity contribution >= 4 is 35.0 Å². The van der Waals surface area contributed by atoms with E-state index in [1.807, 2.05) is 7.05 Å². The Hall–Kier alpha value is -3.40. The number of hydrogen-bond donors (Lipinski definition) is 2. The maximum absolute atomic E-state index is 13.2. The minimum atomic E-state index is -0.373. The molecular formula is C24H30N6O4. The molecule has 34 heavy (non-hydrogen) atoms. The third-order valence-electron chi connectivity index (χ3n) is 7.14. The molecule has 0 atom stereocenters. The fourth-order valence-corrected chi connectivity index (χ4v) is 5.06. The van der Waals surface area contributed by atoms with Crippen LogP contribution in [0.2, 0.25) is 0 Å². The molecule has 10 nitrogen and oxygen atoms in total. The zero-order chi connectivity index (χ0) is 23.9. The Kier molecular flexibility index (Phi) is 5.76. The van der Waals surface area contributed by atoms with Gasteiger partial charge in [0, 0.05) is 25.2 Å². The largest absolute Gasteiger partial charge is 0.495 e. The van der Waals surface area contributed by atoms with Gasteiger partial charge in [0.15, 0.2) is 5.82 Å². The van der Waals surface area contributed by atoms with Crippen molar-refractivity contribution in [3.63, 3.8) is 0 Å². The van der Waals surface area contributed by atoms with Gasteiger partial charge in [-0.3, -0.25) is 14.4 Å². The van der Waals surface area contributed by atoms with E-state index in [1.165, 1.54) is 27.1 Å². The molecule has 2 aliphatic carbocycles. The van der Waals surface area contributed by atoms with Gasteiger partial charge in [-0.2, -0.15) is 4.98 Å². The number of hydroxylamine groups is 1. The van der Waals surface area contributed by atoms with Crippen LogP contribution in [0.15, 0.2) is 24.4 Å². The molecule has 0 saturated heterocycles. The number of rotatable bonds is 6. The highest BCUT2D eigenvalue weighted by atomic mass is 16.6. The topological polar surface area (TPSA) is 109 Å². The highest BCUT2D eigenvalue weighted by molar-refractivity contribution is 6.02. The summed E-state index contributed by atoms with van der Waals surface area (Å²) in [6.45, 7) is 0.705. The van der Waals surface area contributed by atoms with Gasteiger partial charge in [-0.15, -0.1) is 0 Å². The number of carbonyl (C=O) groups is 2. The van der Waals surface area contributed by atoms with Crippen LogP contribution < -0.4 is 25.3 Å². The van der Waals surface area contributed by atoms with E-state index in [0.29, 0.717) is 35.5 Å². The summed E-state index contributed by atoms with van der Waals surface area (Å²) < 4.78 is 5.49. The van der Waals surface area contributed by atoms with Crippen LogP contribution in [-0.2, 0) is 9.63 Å². The summed E-state index contributed by atoms with van der Waals surface area (Å²) in [5, 5.41) is 3.23. The lowest BCUT2D eigenvalue weighted by Gasteiger charge is -2.31. The van der Waals surface area contributed by atoms with Crippen molar-refractivity contribution in [2.75, 3.05) is 42.9 Å². The Morgan fingerprint density at radius 1 is 1.21 bits per heavy atom. The lowest BCUT2D eigenvalue weighted by molar-refractivity contribution is -0.122. The van der Waals surface area contributed by atoms with Gasteiger partial charge in [-0.05, 0) is 43.9 Å². The van der Waals surface area contributed by atoms with Gasteiger partial charge < -0.3 is 19.9 Å². The summed E-state index contributed by atoms with van der Waals surface area (Å²) in [4.78, 5) is 43.5. The second-order valence-corrected chi connectivity index (χ2v) is 9.29. The van der Waals surface area contributed by atoms with Crippen molar-refractivity contribution in [2.24, 2.45) is 5.41 Å². The van der Waals surface area contributed by atoms with Crippen molar-refractivity contribution in [2.45, 2.75) is 44.6 Å². The molecule has 1 spiro atoms. The minimum Gasteiger partial charge on any atom is -0.495 e. The number of carbonyl (C=O) groups excluding carboxylic acids is 2. The van der Waals surface area contributed by atoms with E-state index in [9.17, 15) is 9.59 Å². The molecule has 2 fully saturated rings. The molecule has 0 radical (unpaired) electrons. The number of ether oxygens (including phenoxy) is 1. The Morgan fingerprint density at radius 3 is 2.65 bits per heavy atom. The maximum Gasteiger partial charge on any atom is 0.274 e. The highest BCUT2D eigenvalue weighted by Crippen LogP contribution is 2.52. The van der Waals surface area contributed by atoms with Crippen LogP contribution in [0.3, 0.4) is 0 Å². The molecule has 180 valence electrons. The molecule has 10 heteroatoms. The average molecular weight is 467 g/mol. The molecule has 3 aliphatic rings. The predicted molar refractivity (Wildman–Crippen MR) is 127 cm³/mol. The maximum atomic E-state index is 13.2. The van der Waals surface area contributed by atoms with Crippen LogP contribution in [0.25, 0.3) is 0 Å². The van der Waals surface area contributed by atoms with E-state index in [-0.39, 0.29) is 17.2 Å². The van der Waals surface area contributed by atoms with E-state index >= 15 is 0 Å². The van der Waals surface area contributed by atoms with E-state index in [0.717, 1.165) is 37.2 Å². The molecule has 5 rings (SSSR count). The number of anilines is 4. The van der Waals surface area contributed by atoms with Gasteiger partial charge >= 0.3 is 0 Å². The third-order valence-corrected chi connectivity index (χ3v) is 7.14. The molecular weight excluding hydrogens is 436 g/mol. The average Bonchev–Trinajstić information content (AvgIpc) is 3.45. The molecule has 2 aromatic rings. The standard InChI is InChI=1S/C24H30N6O4/c1-29-18-13-25-23(26-17-9-8-15(12-19(17)33-2)21(31)28-34-3)27-20(18)30(16-6-4-5-7-16)14-24(10-11-24)22(29)32/h8-9,12-13,16H,4-7,10-11,14H2,1-3H3,(H,28,31)(H,25,26,27). The van der Waals surface area contributed by atoms with Crippen molar-refractivity contribution < 1.29 is 19.2 Å².